The monoisotopic (exact) mass is 147 g/mol. The average Bonchev–Trinajstić information content (AvgIpc) is 2.05. The molecule has 11 heavy (non-hydrogen) atoms. The minimum Gasteiger partial charge on any atom is -0.0587 e. The van der Waals surface area contributed by atoms with Crippen LogP contribution in [-0.4, -0.2) is 0 Å². The summed E-state index contributed by atoms with van der Waals surface area (Å²) in [6.07, 6.45) is 0. The van der Waals surface area contributed by atoms with Crippen LogP contribution in [0.2, 0.25) is 0 Å². The summed E-state index contributed by atoms with van der Waals surface area (Å²) in [5.41, 5.74) is 1.82. The molecule has 0 saturated carbocycles. The summed E-state index contributed by atoms with van der Waals surface area (Å²) in [5.74, 6) is 0.483. The van der Waals surface area contributed by atoms with Crippen molar-refractivity contribution < 1.29 is 0 Å². The molecule has 1 rings (SSSR count). The molecule has 1 aromatic rings. The minimum absolute atomic E-state index is 0.483. The van der Waals surface area contributed by atoms with Crippen molar-refractivity contribution >= 4 is 5.69 Å². The van der Waals surface area contributed by atoms with Crippen molar-refractivity contribution in [2.75, 3.05) is 0 Å². The molecule has 0 unspecified atom stereocenters. The van der Waals surface area contributed by atoms with E-state index in [0.29, 0.717) is 11.6 Å². The largest absolute Gasteiger partial charge is 0.385 e. The van der Waals surface area contributed by atoms with Gasteiger partial charge in [-0.05, 0) is 11.5 Å². The second kappa shape index (κ2) is 3.16. The molecule has 0 radical (unpaired) electrons. The molecule has 56 valence electrons. The number of benzene rings is 1. The van der Waals surface area contributed by atoms with Crippen LogP contribution in [0.4, 0.5) is 5.69 Å². The lowest BCUT2D eigenvalue weighted by atomic mass is 10.0. The zero-order chi connectivity index (χ0) is 8.27. The van der Waals surface area contributed by atoms with Gasteiger partial charge >= 0.3 is 5.69 Å². The summed E-state index contributed by atoms with van der Waals surface area (Å²) < 4.78 is 0. The van der Waals surface area contributed by atoms with Crippen molar-refractivity contribution in [3.63, 3.8) is 0 Å². The van der Waals surface area contributed by atoms with Crippen molar-refractivity contribution in [3.05, 3.63) is 34.8 Å². The first-order chi connectivity index (χ1) is 5.24. The number of hydrogen-bond acceptors (Lipinski definition) is 1. The summed E-state index contributed by atoms with van der Waals surface area (Å²) in [5, 5.41) is 8.47. The fourth-order valence-electron chi connectivity index (χ4n) is 0.946. The first kappa shape index (κ1) is 7.74. The molecule has 0 aliphatic carbocycles. The fraction of sp³-hybridized carbons (Fsp3) is 0.333. The molecule has 0 aromatic heterocycles. The number of diazo groups is 1. The molecule has 2 nitrogen and oxygen atoms in total. The van der Waals surface area contributed by atoms with Crippen LogP contribution in [0.25, 0.3) is 4.98 Å². The zero-order valence-electron chi connectivity index (χ0n) is 6.78. The van der Waals surface area contributed by atoms with Crippen LogP contribution in [0, 0.1) is 5.39 Å². The van der Waals surface area contributed by atoms with E-state index in [1.54, 1.807) is 6.07 Å². The van der Waals surface area contributed by atoms with E-state index in [9.17, 15) is 0 Å². The van der Waals surface area contributed by atoms with Crippen LogP contribution in [-0.2, 0) is 0 Å². The highest BCUT2D eigenvalue weighted by Crippen LogP contribution is 2.19. The maximum Gasteiger partial charge on any atom is 0.385 e. The summed E-state index contributed by atoms with van der Waals surface area (Å²) in [7, 11) is 0. The number of hydrogen-bond donors (Lipinski definition) is 0. The van der Waals surface area contributed by atoms with E-state index in [4.69, 9.17) is 5.39 Å². The topological polar surface area (TPSA) is 28.1 Å². The van der Waals surface area contributed by atoms with Crippen LogP contribution in [0.1, 0.15) is 25.3 Å². The van der Waals surface area contributed by atoms with Gasteiger partial charge in [-0.15, -0.1) is 0 Å². The lowest BCUT2D eigenvalue weighted by Gasteiger charge is -2.00. The van der Waals surface area contributed by atoms with Crippen molar-refractivity contribution in [2.24, 2.45) is 0 Å². The van der Waals surface area contributed by atoms with E-state index in [1.165, 1.54) is 5.56 Å². The van der Waals surface area contributed by atoms with Gasteiger partial charge in [0.25, 0.3) is 0 Å². The van der Waals surface area contributed by atoms with Crippen molar-refractivity contribution in [1.82, 2.24) is 0 Å². The smallest absolute Gasteiger partial charge is 0.0587 e. The maximum atomic E-state index is 8.47. The quantitative estimate of drug-likeness (QED) is 0.560. The molecular formula is C9H11N2+. The Balaban J connectivity index is 3.03. The summed E-state index contributed by atoms with van der Waals surface area (Å²) in [4.78, 5) is 3.11. The van der Waals surface area contributed by atoms with Gasteiger partial charge in [0.2, 0.25) is 5.39 Å². The summed E-state index contributed by atoms with van der Waals surface area (Å²) in [6, 6.07) is 7.57. The first-order valence-electron chi connectivity index (χ1n) is 3.69. The predicted octanol–water partition coefficient (Wildman–Crippen LogP) is 3.29. The molecule has 0 aliphatic rings. The molecular weight excluding hydrogens is 136 g/mol. The van der Waals surface area contributed by atoms with E-state index in [1.807, 2.05) is 18.2 Å². The first-order valence-corrected chi connectivity index (χ1v) is 3.69. The van der Waals surface area contributed by atoms with Gasteiger partial charge < -0.3 is 0 Å². The molecule has 0 saturated heterocycles. The lowest BCUT2D eigenvalue weighted by Crippen LogP contribution is -1.84. The van der Waals surface area contributed by atoms with Gasteiger partial charge in [0.15, 0.2) is 4.98 Å². The Morgan fingerprint density at radius 3 is 2.64 bits per heavy atom. The van der Waals surface area contributed by atoms with E-state index < -0.39 is 0 Å². The summed E-state index contributed by atoms with van der Waals surface area (Å²) in [6.45, 7) is 4.22. The lowest BCUT2D eigenvalue weighted by molar-refractivity contribution is 0.867. The molecule has 0 bridgehead atoms. The number of nitrogens with zero attached hydrogens (tertiary/aromatic N) is 2. The predicted molar refractivity (Wildman–Crippen MR) is 45.3 cm³/mol. The molecule has 0 fully saturated rings. The molecule has 2 heteroatoms. The van der Waals surface area contributed by atoms with Gasteiger partial charge in [-0.25, -0.2) is 0 Å². The van der Waals surface area contributed by atoms with E-state index in [0.717, 1.165) is 0 Å². The minimum atomic E-state index is 0.483. The molecule has 0 atom stereocenters. The normalized spacial score (nSPS) is 9.64. The van der Waals surface area contributed by atoms with E-state index in [-0.39, 0.29) is 0 Å². The Labute approximate surface area is 66.5 Å². The SMILES string of the molecule is CC(C)c1cccc([N+]#N)c1. The Hall–Kier alpha value is -1.36. The highest BCUT2D eigenvalue weighted by atomic mass is 14.8. The van der Waals surface area contributed by atoms with Gasteiger partial charge in [-0.1, -0.05) is 26.0 Å². The zero-order valence-corrected chi connectivity index (χ0v) is 6.78. The standard InChI is InChI=1S/C9H11N2/c1-7(2)8-4-3-5-9(6-8)11-10/h3-7H,1-2H3/q+1. The molecule has 0 amide bonds. The molecule has 0 spiro atoms. The molecule has 1 aromatic carbocycles. The Bertz CT molecular complexity index is 284. The Morgan fingerprint density at radius 2 is 2.09 bits per heavy atom. The van der Waals surface area contributed by atoms with Gasteiger partial charge in [-0.3, -0.25) is 0 Å². The van der Waals surface area contributed by atoms with Crippen molar-refractivity contribution in [3.8, 4) is 0 Å². The average molecular weight is 147 g/mol. The van der Waals surface area contributed by atoms with Gasteiger partial charge in [0.05, 0.1) is 0 Å². The van der Waals surface area contributed by atoms with Crippen molar-refractivity contribution in [2.45, 2.75) is 19.8 Å². The third-order valence-electron chi connectivity index (χ3n) is 1.65. The molecule has 0 N–H and O–H groups in total. The Morgan fingerprint density at radius 1 is 1.36 bits per heavy atom. The second-order valence-electron chi connectivity index (χ2n) is 2.85. The third kappa shape index (κ3) is 1.78. The van der Waals surface area contributed by atoms with Crippen molar-refractivity contribution in [1.29, 1.82) is 5.39 Å². The third-order valence-corrected chi connectivity index (χ3v) is 1.65. The molecule has 0 aliphatic heterocycles. The number of rotatable bonds is 1. The van der Waals surface area contributed by atoms with Crippen LogP contribution in [0.3, 0.4) is 0 Å². The Kier molecular flexibility index (Phi) is 2.22. The maximum absolute atomic E-state index is 8.47. The van der Waals surface area contributed by atoms with Crippen LogP contribution >= 0.6 is 0 Å². The summed E-state index contributed by atoms with van der Waals surface area (Å²) >= 11 is 0. The van der Waals surface area contributed by atoms with Gasteiger partial charge in [-0.2, -0.15) is 0 Å². The van der Waals surface area contributed by atoms with Gasteiger partial charge in [0.1, 0.15) is 0 Å². The highest BCUT2D eigenvalue weighted by Gasteiger charge is 2.06. The van der Waals surface area contributed by atoms with Crippen LogP contribution in [0.15, 0.2) is 24.3 Å². The van der Waals surface area contributed by atoms with E-state index in [2.05, 4.69) is 18.8 Å². The second-order valence-corrected chi connectivity index (χ2v) is 2.85. The fourth-order valence-corrected chi connectivity index (χ4v) is 0.946. The van der Waals surface area contributed by atoms with E-state index >= 15 is 0 Å². The van der Waals surface area contributed by atoms with Crippen LogP contribution in [0.5, 0.6) is 0 Å². The highest BCUT2D eigenvalue weighted by molar-refractivity contribution is 5.46. The molecule has 0 heterocycles. The van der Waals surface area contributed by atoms with Gasteiger partial charge in [0, 0.05) is 12.1 Å². The van der Waals surface area contributed by atoms with Crippen LogP contribution < -0.4 is 0 Å².